The van der Waals surface area contributed by atoms with Crippen LogP contribution >= 0.6 is 0 Å². The molecule has 0 atom stereocenters. The Hall–Kier alpha value is -3.23. The van der Waals surface area contributed by atoms with E-state index in [9.17, 15) is 19.7 Å². The van der Waals surface area contributed by atoms with Crippen molar-refractivity contribution in [1.29, 1.82) is 0 Å². The van der Waals surface area contributed by atoms with E-state index in [1.165, 1.54) is 24.3 Å². The SMILES string of the molecule is CCOC(=O)c1ccc(Nc2nc[nH]c(=O)c2[N+](=O)[O-])cc1. The molecule has 0 unspecified atom stereocenters. The molecule has 0 fully saturated rings. The second-order valence-corrected chi connectivity index (χ2v) is 4.11. The molecule has 0 bridgehead atoms. The summed E-state index contributed by atoms with van der Waals surface area (Å²) in [7, 11) is 0. The van der Waals surface area contributed by atoms with Crippen LogP contribution in [-0.2, 0) is 4.74 Å². The third-order valence-electron chi connectivity index (χ3n) is 2.67. The first-order valence-electron chi connectivity index (χ1n) is 6.29. The van der Waals surface area contributed by atoms with Gasteiger partial charge in [-0.1, -0.05) is 0 Å². The molecule has 2 N–H and O–H groups in total. The Morgan fingerprint density at radius 2 is 2.09 bits per heavy atom. The highest BCUT2D eigenvalue weighted by Crippen LogP contribution is 2.21. The molecule has 0 saturated heterocycles. The molecule has 1 aromatic heterocycles. The normalized spacial score (nSPS) is 10.0. The van der Waals surface area contributed by atoms with Gasteiger partial charge in [-0.25, -0.2) is 9.78 Å². The van der Waals surface area contributed by atoms with Crippen molar-refractivity contribution in [1.82, 2.24) is 9.97 Å². The summed E-state index contributed by atoms with van der Waals surface area (Å²) in [5.41, 5.74) is -0.752. The van der Waals surface area contributed by atoms with E-state index in [0.29, 0.717) is 11.3 Å². The highest BCUT2D eigenvalue weighted by atomic mass is 16.6. The zero-order chi connectivity index (χ0) is 16.1. The number of carbonyl (C=O) groups excluding carboxylic acids is 1. The number of hydrogen-bond acceptors (Lipinski definition) is 7. The first-order chi connectivity index (χ1) is 10.5. The van der Waals surface area contributed by atoms with Crippen molar-refractivity contribution >= 4 is 23.2 Å². The van der Waals surface area contributed by atoms with Crippen LogP contribution in [0.15, 0.2) is 35.4 Å². The number of benzene rings is 1. The van der Waals surface area contributed by atoms with Gasteiger partial charge in [-0.3, -0.25) is 14.9 Å². The van der Waals surface area contributed by atoms with Crippen molar-refractivity contribution in [3.63, 3.8) is 0 Å². The average Bonchev–Trinajstić information content (AvgIpc) is 2.48. The molecule has 1 aromatic carbocycles. The number of esters is 1. The van der Waals surface area contributed by atoms with E-state index in [2.05, 4.69) is 15.3 Å². The van der Waals surface area contributed by atoms with E-state index in [1.807, 2.05) is 0 Å². The number of rotatable bonds is 5. The molecule has 0 radical (unpaired) electrons. The first-order valence-corrected chi connectivity index (χ1v) is 6.29. The van der Waals surface area contributed by atoms with E-state index in [4.69, 9.17) is 4.74 Å². The van der Waals surface area contributed by atoms with Crippen LogP contribution in [0.3, 0.4) is 0 Å². The number of ether oxygens (including phenoxy) is 1. The lowest BCUT2D eigenvalue weighted by Crippen LogP contribution is -2.14. The zero-order valence-corrected chi connectivity index (χ0v) is 11.5. The van der Waals surface area contributed by atoms with Crippen molar-refractivity contribution in [2.45, 2.75) is 6.92 Å². The Balaban J connectivity index is 2.25. The predicted molar refractivity (Wildman–Crippen MR) is 77.2 cm³/mol. The summed E-state index contributed by atoms with van der Waals surface area (Å²) in [6.07, 6.45) is 1.06. The maximum atomic E-state index is 11.5. The molecule has 22 heavy (non-hydrogen) atoms. The van der Waals surface area contributed by atoms with Gasteiger partial charge in [0, 0.05) is 5.69 Å². The summed E-state index contributed by atoms with van der Waals surface area (Å²) < 4.78 is 4.85. The van der Waals surface area contributed by atoms with Crippen LogP contribution in [0.1, 0.15) is 17.3 Å². The topological polar surface area (TPSA) is 127 Å². The fraction of sp³-hybridized carbons (Fsp3) is 0.154. The van der Waals surface area contributed by atoms with Crippen LogP contribution in [0.4, 0.5) is 17.2 Å². The molecule has 2 aromatic rings. The Morgan fingerprint density at radius 1 is 1.41 bits per heavy atom. The van der Waals surface area contributed by atoms with Gasteiger partial charge in [0.15, 0.2) is 0 Å². The Kier molecular flexibility index (Phi) is 4.47. The lowest BCUT2D eigenvalue weighted by Gasteiger charge is -2.06. The maximum Gasteiger partial charge on any atom is 0.376 e. The van der Waals surface area contributed by atoms with E-state index in [1.54, 1.807) is 6.92 Å². The first kappa shape index (κ1) is 15.2. The highest BCUT2D eigenvalue weighted by Gasteiger charge is 2.20. The van der Waals surface area contributed by atoms with Gasteiger partial charge < -0.3 is 15.0 Å². The number of nitrogens with one attached hydrogen (secondary N) is 2. The minimum absolute atomic E-state index is 0.183. The predicted octanol–water partition coefficient (Wildman–Crippen LogP) is 1.60. The molecule has 0 saturated carbocycles. The molecule has 0 amide bonds. The molecule has 2 rings (SSSR count). The van der Waals surface area contributed by atoms with Crippen LogP contribution < -0.4 is 10.9 Å². The number of aromatic nitrogens is 2. The maximum absolute atomic E-state index is 11.5. The molecule has 0 aliphatic carbocycles. The van der Waals surface area contributed by atoms with Crippen LogP contribution in [0.25, 0.3) is 0 Å². The Bertz CT molecular complexity index is 754. The van der Waals surface area contributed by atoms with Crippen LogP contribution in [0, 0.1) is 10.1 Å². The van der Waals surface area contributed by atoms with Gasteiger partial charge in [0.1, 0.15) is 0 Å². The summed E-state index contributed by atoms with van der Waals surface area (Å²) in [4.78, 5) is 38.9. The number of nitro groups is 1. The molecule has 9 heteroatoms. The fourth-order valence-electron chi connectivity index (χ4n) is 1.69. The minimum Gasteiger partial charge on any atom is -0.462 e. The molecule has 0 aliphatic rings. The molecular weight excluding hydrogens is 292 g/mol. The number of carbonyl (C=O) groups is 1. The lowest BCUT2D eigenvalue weighted by atomic mass is 10.2. The quantitative estimate of drug-likeness (QED) is 0.487. The second-order valence-electron chi connectivity index (χ2n) is 4.11. The molecule has 0 aliphatic heterocycles. The number of nitrogens with zero attached hydrogens (tertiary/aromatic N) is 2. The third kappa shape index (κ3) is 3.26. The average molecular weight is 304 g/mol. The molecular formula is C13H12N4O5. The van der Waals surface area contributed by atoms with Crippen molar-refractivity contribution in [3.05, 3.63) is 56.6 Å². The van der Waals surface area contributed by atoms with E-state index in [-0.39, 0.29) is 12.4 Å². The number of anilines is 2. The number of aromatic amines is 1. The summed E-state index contributed by atoms with van der Waals surface area (Å²) in [5, 5.41) is 13.6. The number of hydrogen-bond donors (Lipinski definition) is 2. The smallest absolute Gasteiger partial charge is 0.376 e. The van der Waals surface area contributed by atoms with Crippen LogP contribution in [0.2, 0.25) is 0 Å². The standard InChI is InChI=1S/C13H12N4O5/c1-2-22-13(19)8-3-5-9(6-4-8)16-11-10(17(20)21)12(18)15-7-14-11/h3-7H,2H2,1H3,(H2,14,15,16,18). The molecule has 9 nitrogen and oxygen atoms in total. The van der Waals surface area contributed by atoms with Gasteiger partial charge in [0.05, 0.1) is 23.4 Å². The van der Waals surface area contributed by atoms with Gasteiger partial charge in [-0.2, -0.15) is 0 Å². The van der Waals surface area contributed by atoms with Gasteiger partial charge in [-0.05, 0) is 31.2 Å². The van der Waals surface area contributed by atoms with Crippen molar-refractivity contribution in [2.75, 3.05) is 11.9 Å². The van der Waals surface area contributed by atoms with E-state index >= 15 is 0 Å². The van der Waals surface area contributed by atoms with Gasteiger partial charge in [0.25, 0.3) is 0 Å². The van der Waals surface area contributed by atoms with Crippen molar-refractivity contribution in [2.24, 2.45) is 0 Å². The molecule has 114 valence electrons. The fourth-order valence-corrected chi connectivity index (χ4v) is 1.69. The summed E-state index contributed by atoms with van der Waals surface area (Å²) in [6, 6.07) is 6.05. The molecule has 1 heterocycles. The summed E-state index contributed by atoms with van der Waals surface area (Å²) in [6.45, 7) is 1.97. The van der Waals surface area contributed by atoms with Crippen molar-refractivity contribution < 1.29 is 14.5 Å². The summed E-state index contributed by atoms with van der Waals surface area (Å²) in [5.74, 6) is -0.646. The van der Waals surface area contributed by atoms with Gasteiger partial charge in [0.2, 0.25) is 5.82 Å². The Labute approximate surface area is 124 Å². The van der Waals surface area contributed by atoms with Crippen LogP contribution in [-0.4, -0.2) is 27.5 Å². The van der Waals surface area contributed by atoms with Crippen LogP contribution in [0.5, 0.6) is 0 Å². The largest absolute Gasteiger partial charge is 0.462 e. The van der Waals surface area contributed by atoms with E-state index in [0.717, 1.165) is 6.33 Å². The van der Waals surface area contributed by atoms with Gasteiger partial charge in [-0.15, -0.1) is 0 Å². The monoisotopic (exact) mass is 304 g/mol. The summed E-state index contributed by atoms with van der Waals surface area (Å²) >= 11 is 0. The lowest BCUT2D eigenvalue weighted by molar-refractivity contribution is -0.385. The van der Waals surface area contributed by atoms with Crippen molar-refractivity contribution in [3.8, 4) is 0 Å². The second kappa shape index (κ2) is 6.48. The Morgan fingerprint density at radius 3 is 2.68 bits per heavy atom. The van der Waals surface area contributed by atoms with Gasteiger partial charge >= 0.3 is 17.2 Å². The zero-order valence-electron chi connectivity index (χ0n) is 11.5. The highest BCUT2D eigenvalue weighted by molar-refractivity contribution is 5.89. The minimum atomic E-state index is -0.856. The van der Waals surface area contributed by atoms with E-state index < -0.39 is 22.1 Å². The number of H-pyrrole nitrogens is 1. The molecule has 0 spiro atoms. The third-order valence-corrected chi connectivity index (χ3v) is 2.67.